The molecule has 3 amide bonds. The van der Waals surface area contributed by atoms with Gasteiger partial charge < -0.3 is 19.9 Å². The number of ether oxygens (including phenoxy) is 1. The minimum atomic E-state index is -4.46. The topological polar surface area (TPSA) is 61.9 Å². The summed E-state index contributed by atoms with van der Waals surface area (Å²) in [5.41, 5.74) is -0.638. The van der Waals surface area contributed by atoms with E-state index in [4.69, 9.17) is 4.74 Å². The normalized spacial score (nSPS) is 22.8. The molecule has 0 aromatic carbocycles. The van der Waals surface area contributed by atoms with Gasteiger partial charge in [0.25, 0.3) is 0 Å². The van der Waals surface area contributed by atoms with E-state index in [0.29, 0.717) is 0 Å². The Morgan fingerprint density at radius 2 is 1.57 bits per heavy atom. The van der Waals surface area contributed by atoms with Crippen LogP contribution in [0.3, 0.4) is 0 Å². The Morgan fingerprint density at radius 1 is 1.09 bits per heavy atom. The molecule has 1 aliphatic heterocycles. The minimum Gasteiger partial charge on any atom is -0.444 e. The highest BCUT2D eigenvalue weighted by atomic mass is 19.4. The van der Waals surface area contributed by atoms with E-state index in [9.17, 15) is 22.8 Å². The molecule has 0 saturated carbocycles. The largest absolute Gasteiger partial charge is 0.444 e. The molecule has 9 heteroatoms. The van der Waals surface area contributed by atoms with Crippen molar-refractivity contribution >= 4 is 12.1 Å². The highest BCUT2D eigenvalue weighted by Crippen LogP contribution is 2.20. The zero-order chi connectivity index (χ0) is 18.0. The second kappa shape index (κ2) is 6.84. The molecule has 2 atom stereocenters. The van der Waals surface area contributed by atoms with Crippen molar-refractivity contribution < 1.29 is 27.5 Å². The summed E-state index contributed by atoms with van der Waals surface area (Å²) in [5.74, 6) is 0. The highest BCUT2D eigenvalue weighted by Gasteiger charge is 2.38. The van der Waals surface area contributed by atoms with Crippen molar-refractivity contribution in [2.24, 2.45) is 0 Å². The van der Waals surface area contributed by atoms with Gasteiger partial charge in [-0.05, 0) is 34.6 Å². The average molecular weight is 339 g/mol. The summed E-state index contributed by atoms with van der Waals surface area (Å²) in [6, 6.07) is -1.58. The van der Waals surface area contributed by atoms with Gasteiger partial charge in [-0.15, -0.1) is 0 Å². The summed E-state index contributed by atoms with van der Waals surface area (Å²) >= 11 is 0. The van der Waals surface area contributed by atoms with Crippen LogP contribution in [-0.4, -0.2) is 65.4 Å². The number of piperazine rings is 1. The predicted molar refractivity (Wildman–Crippen MR) is 78.0 cm³/mol. The van der Waals surface area contributed by atoms with Gasteiger partial charge in [0.15, 0.2) is 0 Å². The monoisotopic (exact) mass is 339 g/mol. The Labute approximate surface area is 133 Å². The number of carbonyl (C=O) groups excluding carboxylic acids is 2. The van der Waals surface area contributed by atoms with Gasteiger partial charge in [0.2, 0.25) is 0 Å². The smallest absolute Gasteiger partial charge is 0.410 e. The first-order valence-corrected chi connectivity index (χ1v) is 7.42. The fourth-order valence-corrected chi connectivity index (χ4v) is 2.29. The third-order valence-corrected chi connectivity index (χ3v) is 3.59. The van der Waals surface area contributed by atoms with Crippen LogP contribution in [-0.2, 0) is 4.74 Å². The van der Waals surface area contributed by atoms with Gasteiger partial charge in [0, 0.05) is 13.1 Å². The van der Waals surface area contributed by atoms with E-state index >= 15 is 0 Å². The van der Waals surface area contributed by atoms with Crippen molar-refractivity contribution in [2.75, 3.05) is 19.6 Å². The first kappa shape index (κ1) is 19.4. The van der Waals surface area contributed by atoms with Crippen molar-refractivity contribution in [3.63, 3.8) is 0 Å². The van der Waals surface area contributed by atoms with Crippen LogP contribution in [0.5, 0.6) is 0 Å². The highest BCUT2D eigenvalue weighted by molar-refractivity contribution is 5.75. The summed E-state index contributed by atoms with van der Waals surface area (Å²) in [6.45, 7) is 7.65. The van der Waals surface area contributed by atoms with Crippen LogP contribution < -0.4 is 5.32 Å². The molecule has 0 spiro atoms. The zero-order valence-electron chi connectivity index (χ0n) is 14.0. The Bertz CT molecular complexity index is 449. The maximum atomic E-state index is 12.2. The number of hydrogen-bond donors (Lipinski definition) is 1. The van der Waals surface area contributed by atoms with E-state index in [2.05, 4.69) is 0 Å². The molecule has 0 bridgehead atoms. The molecule has 1 aliphatic rings. The maximum absolute atomic E-state index is 12.2. The SMILES string of the molecule is C[C@H]1[C@H](C)N(C(=O)OC(C)(C)C)CCN1C(=O)NCC(F)(F)F. The average Bonchev–Trinajstić information content (AvgIpc) is 2.36. The lowest BCUT2D eigenvalue weighted by Gasteiger charge is -2.44. The zero-order valence-corrected chi connectivity index (χ0v) is 14.0. The number of nitrogens with zero attached hydrogens (tertiary/aromatic N) is 2. The molecule has 0 aliphatic carbocycles. The fourth-order valence-electron chi connectivity index (χ4n) is 2.29. The van der Waals surface area contributed by atoms with E-state index in [1.54, 1.807) is 34.6 Å². The standard InChI is InChI=1S/C14H24F3N3O3/c1-9-10(2)20(12(22)23-13(3,4)5)7-6-19(9)11(21)18-8-14(15,16)17/h9-10H,6-8H2,1-5H3,(H,18,21)/t9-,10-/m0/s1. The van der Waals surface area contributed by atoms with Gasteiger partial charge in [-0.2, -0.15) is 13.2 Å². The quantitative estimate of drug-likeness (QED) is 0.799. The molecule has 1 heterocycles. The lowest BCUT2D eigenvalue weighted by molar-refractivity contribution is -0.123. The maximum Gasteiger partial charge on any atom is 0.410 e. The summed E-state index contributed by atoms with van der Waals surface area (Å²) in [4.78, 5) is 26.8. The number of alkyl halides is 3. The van der Waals surface area contributed by atoms with Crippen LogP contribution >= 0.6 is 0 Å². The van der Waals surface area contributed by atoms with Crippen LogP contribution in [0.2, 0.25) is 0 Å². The van der Waals surface area contributed by atoms with E-state index in [0.717, 1.165) is 0 Å². The Morgan fingerprint density at radius 3 is 2.04 bits per heavy atom. The van der Waals surface area contributed by atoms with Gasteiger partial charge in [0.05, 0.1) is 12.1 Å². The van der Waals surface area contributed by atoms with Crippen LogP contribution in [0, 0.1) is 0 Å². The lowest BCUT2D eigenvalue weighted by Crippen LogP contribution is -2.62. The van der Waals surface area contributed by atoms with Crippen molar-refractivity contribution in [2.45, 2.75) is 58.5 Å². The Hall–Kier alpha value is -1.67. The molecule has 1 rings (SSSR count). The fraction of sp³-hybridized carbons (Fsp3) is 0.857. The molecular weight excluding hydrogens is 315 g/mol. The molecule has 1 fully saturated rings. The lowest BCUT2D eigenvalue weighted by atomic mass is 10.1. The number of carbonyl (C=O) groups is 2. The van der Waals surface area contributed by atoms with Gasteiger partial charge in [0.1, 0.15) is 12.1 Å². The van der Waals surface area contributed by atoms with Gasteiger partial charge in [-0.3, -0.25) is 0 Å². The number of urea groups is 1. The Balaban J connectivity index is 2.66. The molecule has 0 unspecified atom stereocenters. The third kappa shape index (κ3) is 5.80. The van der Waals surface area contributed by atoms with E-state index < -0.39 is 36.5 Å². The van der Waals surface area contributed by atoms with Crippen molar-refractivity contribution in [3.8, 4) is 0 Å². The van der Waals surface area contributed by atoms with Gasteiger partial charge >= 0.3 is 18.3 Å². The number of amides is 3. The van der Waals surface area contributed by atoms with Crippen molar-refractivity contribution in [1.82, 2.24) is 15.1 Å². The number of nitrogens with one attached hydrogen (secondary N) is 1. The second-order valence-electron chi connectivity index (χ2n) is 6.62. The molecule has 6 nitrogen and oxygen atoms in total. The molecule has 23 heavy (non-hydrogen) atoms. The predicted octanol–water partition coefficient (Wildman–Crippen LogP) is 2.59. The molecular formula is C14H24F3N3O3. The van der Waals surface area contributed by atoms with E-state index in [1.165, 1.54) is 9.80 Å². The van der Waals surface area contributed by atoms with Crippen LogP contribution in [0.1, 0.15) is 34.6 Å². The van der Waals surface area contributed by atoms with Crippen LogP contribution in [0.15, 0.2) is 0 Å². The molecule has 1 saturated heterocycles. The minimum absolute atomic E-state index is 0.147. The first-order valence-electron chi connectivity index (χ1n) is 7.42. The Kier molecular flexibility index (Phi) is 5.76. The number of rotatable bonds is 1. The molecule has 0 aromatic rings. The molecule has 0 radical (unpaired) electrons. The van der Waals surface area contributed by atoms with E-state index in [1.807, 2.05) is 5.32 Å². The van der Waals surface area contributed by atoms with Crippen molar-refractivity contribution in [3.05, 3.63) is 0 Å². The van der Waals surface area contributed by atoms with Crippen LogP contribution in [0.4, 0.5) is 22.8 Å². The summed E-state index contributed by atoms with van der Waals surface area (Å²) in [6.07, 6.45) is -4.95. The first-order chi connectivity index (χ1) is 10.3. The summed E-state index contributed by atoms with van der Waals surface area (Å²) in [5, 5.41) is 1.85. The molecule has 0 aromatic heterocycles. The summed E-state index contributed by atoms with van der Waals surface area (Å²) in [7, 11) is 0. The second-order valence-corrected chi connectivity index (χ2v) is 6.62. The van der Waals surface area contributed by atoms with Crippen molar-refractivity contribution in [1.29, 1.82) is 0 Å². The molecule has 1 N–H and O–H groups in total. The number of hydrogen-bond acceptors (Lipinski definition) is 3. The van der Waals surface area contributed by atoms with Crippen LogP contribution in [0.25, 0.3) is 0 Å². The molecule has 134 valence electrons. The van der Waals surface area contributed by atoms with Gasteiger partial charge in [-0.25, -0.2) is 9.59 Å². The summed E-state index contributed by atoms with van der Waals surface area (Å²) < 4.78 is 41.8. The van der Waals surface area contributed by atoms with E-state index in [-0.39, 0.29) is 19.1 Å². The third-order valence-electron chi connectivity index (χ3n) is 3.59. The van der Waals surface area contributed by atoms with Gasteiger partial charge in [-0.1, -0.05) is 0 Å². The number of halogens is 3.